The quantitative estimate of drug-likeness (QED) is 0.680. The lowest BCUT2D eigenvalue weighted by atomic mass is 9.89. The molecule has 0 aromatic rings. The topological polar surface area (TPSA) is 18.5 Å². The van der Waals surface area contributed by atoms with Gasteiger partial charge in [0.05, 0.1) is 0 Å². The van der Waals surface area contributed by atoms with E-state index in [-0.39, 0.29) is 0 Å². The summed E-state index contributed by atoms with van der Waals surface area (Å²) in [7, 11) is 2.26. The minimum Gasteiger partial charge on any atom is -0.316 e. The van der Waals surface area contributed by atoms with Crippen molar-refractivity contribution in [1.29, 1.82) is 0 Å². The van der Waals surface area contributed by atoms with Gasteiger partial charge in [0.25, 0.3) is 0 Å². The summed E-state index contributed by atoms with van der Waals surface area (Å²) in [5.41, 5.74) is 0. The van der Waals surface area contributed by atoms with Gasteiger partial charge in [-0.25, -0.2) is 0 Å². The maximum atomic E-state index is 3.48. The molecule has 0 bridgehead atoms. The summed E-state index contributed by atoms with van der Waals surface area (Å²) in [5, 5.41) is 3.48. The molecule has 1 N–H and O–H groups in total. The molecule has 1 saturated heterocycles. The van der Waals surface area contributed by atoms with Gasteiger partial charge in [0.15, 0.2) is 0 Å². The maximum Gasteiger partial charge on any atom is 0.0110 e. The summed E-state index contributed by atoms with van der Waals surface area (Å²) in [6.07, 6.45) is 8.61. The van der Waals surface area contributed by atoms with E-state index in [9.17, 15) is 0 Å². The number of rotatable bonds is 8. The summed E-state index contributed by atoms with van der Waals surface area (Å²) < 4.78 is 0. The van der Waals surface area contributed by atoms with Gasteiger partial charge in [-0.2, -0.15) is 0 Å². The summed E-state index contributed by atoms with van der Waals surface area (Å²) in [6, 6.07) is 0.907. The number of likely N-dealkylation sites (N-methyl/N-ethyl adjacent to an activating group) is 1. The molecule has 2 fully saturated rings. The fraction of sp³-hybridized carbons (Fsp3) is 1.00. The Balaban J connectivity index is 1.66. The van der Waals surface area contributed by atoms with Gasteiger partial charge in [-0.15, -0.1) is 0 Å². The Bertz CT molecular complexity index is 232. The van der Waals surface area contributed by atoms with Crippen LogP contribution in [0.2, 0.25) is 0 Å². The predicted molar refractivity (Wildman–Crippen MR) is 82.6 cm³/mol. The average Bonchev–Trinajstić information content (AvgIpc) is 2.35. The van der Waals surface area contributed by atoms with Crippen LogP contribution < -0.4 is 5.32 Å². The molecule has 1 aliphatic heterocycles. The Morgan fingerprint density at radius 1 is 1.11 bits per heavy atom. The van der Waals surface area contributed by atoms with Crippen LogP contribution in [0.3, 0.4) is 0 Å². The molecule has 2 aliphatic rings. The van der Waals surface area contributed by atoms with Crippen molar-refractivity contribution in [2.24, 2.45) is 5.92 Å². The van der Waals surface area contributed by atoms with Crippen LogP contribution in [-0.2, 0) is 0 Å². The lowest BCUT2D eigenvalue weighted by Crippen LogP contribution is -2.44. The molecule has 1 aliphatic carbocycles. The molecule has 3 nitrogen and oxygen atoms in total. The molecule has 0 atom stereocenters. The molecule has 3 heteroatoms. The summed E-state index contributed by atoms with van der Waals surface area (Å²) in [6.45, 7) is 9.69. The van der Waals surface area contributed by atoms with Crippen molar-refractivity contribution >= 4 is 0 Å². The van der Waals surface area contributed by atoms with Crippen molar-refractivity contribution in [3.63, 3.8) is 0 Å². The first-order chi connectivity index (χ1) is 9.29. The number of nitrogens with one attached hydrogen (secondary N) is 1. The minimum atomic E-state index is 0.907. The van der Waals surface area contributed by atoms with E-state index in [0.717, 1.165) is 18.5 Å². The van der Waals surface area contributed by atoms with Crippen LogP contribution in [-0.4, -0.2) is 62.2 Å². The van der Waals surface area contributed by atoms with Crippen molar-refractivity contribution in [1.82, 2.24) is 15.1 Å². The molecule has 19 heavy (non-hydrogen) atoms. The Kier molecular flexibility index (Phi) is 6.62. The fourth-order valence-electron chi connectivity index (χ4n) is 3.33. The van der Waals surface area contributed by atoms with E-state index < -0.39 is 0 Å². The maximum absolute atomic E-state index is 3.48. The molecular weight excluding hydrogens is 234 g/mol. The minimum absolute atomic E-state index is 0.907. The van der Waals surface area contributed by atoms with Crippen LogP contribution in [0, 0.1) is 5.92 Å². The van der Waals surface area contributed by atoms with Gasteiger partial charge in [0, 0.05) is 19.1 Å². The zero-order valence-electron chi connectivity index (χ0n) is 13.0. The Hall–Kier alpha value is -0.120. The zero-order valence-corrected chi connectivity index (χ0v) is 13.0. The van der Waals surface area contributed by atoms with Gasteiger partial charge in [-0.1, -0.05) is 13.3 Å². The highest BCUT2D eigenvalue weighted by Crippen LogP contribution is 2.26. The van der Waals surface area contributed by atoms with E-state index >= 15 is 0 Å². The Morgan fingerprint density at radius 3 is 2.42 bits per heavy atom. The van der Waals surface area contributed by atoms with Crippen molar-refractivity contribution in [2.45, 2.75) is 51.5 Å². The smallest absolute Gasteiger partial charge is 0.0110 e. The third-order valence-electron chi connectivity index (χ3n) is 5.08. The van der Waals surface area contributed by atoms with Gasteiger partial charge in [0.1, 0.15) is 0 Å². The number of piperidine rings is 1. The molecule has 0 amide bonds. The van der Waals surface area contributed by atoms with E-state index in [1.54, 1.807) is 0 Å². The summed E-state index contributed by atoms with van der Waals surface area (Å²) >= 11 is 0. The first-order valence-corrected chi connectivity index (χ1v) is 8.43. The summed E-state index contributed by atoms with van der Waals surface area (Å²) in [5.74, 6) is 0.984. The van der Waals surface area contributed by atoms with Crippen molar-refractivity contribution < 1.29 is 0 Å². The molecule has 2 rings (SSSR count). The summed E-state index contributed by atoms with van der Waals surface area (Å²) in [4.78, 5) is 5.25. The largest absolute Gasteiger partial charge is 0.316 e. The first kappa shape index (κ1) is 15.3. The third kappa shape index (κ3) is 5.05. The Labute approximate surface area is 119 Å². The van der Waals surface area contributed by atoms with E-state index in [2.05, 4.69) is 29.1 Å². The van der Waals surface area contributed by atoms with Crippen LogP contribution in [0.4, 0.5) is 0 Å². The standard InChI is InChI=1S/C16H33N3/c1-3-17-10-14-19(16-5-4-6-16)13-9-15-7-11-18(2)12-8-15/h15-17H,3-14H2,1-2H3. The van der Waals surface area contributed by atoms with Crippen LogP contribution in [0.1, 0.15) is 45.4 Å². The highest BCUT2D eigenvalue weighted by molar-refractivity contribution is 4.81. The van der Waals surface area contributed by atoms with E-state index in [1.165, 1.54) is 71.2 Å². The second-order valence-corrected chi connectivity index (χ2v) is 6.51. The molecule has 0 radical (unpaired) electrons. The highest BCUT2D eigenvalue weighted by Gasteiger charge is 2.25. The average molecular weight is 267 g/mol. The number of hydrogen-bond acceptors (Lipinski definition) is 3. The van der Waals surface area contributed by atoms with Gasteiger partial charge in [-0.05, 0) is 71.2 Å². The van der Waals surface area contributed by atoms with Gasteiger partial charge in [0.2, 0.25) is 0 Å². The van der Waals surface area contributed by atoms with Crippen LogP contribution in [0.5, 0.6) is 0 Å². The molecule has 112 valence electrons. The fourth-order valence-corrected chi connectivity index (χ4v) is 3.33. The molecule has 0 spiro atoms. The van der Waals surface area contributed by atoms with Crippen molar-refractivity contribution in [3.8, 4) is 0 Å². The predicted octanol–water partition coefficient (Wildman–Crippen LogP) is 2.18. The normalized spacial score (nSPS) is 22.9. The van der Waals surface area contributed by atoms with Crippen LogP contribution in [0.25, 0.3) is 0 Å². The monoisotopic (exact) mass is 267 g/mol. The van der Waals surface area contributed by atoms with E-state index in [1.807, 2.05) is 0 Å². The molecule has 0 aromatic carbocycles. The Morgan fingerprint density at radius 2 is 1.84 bits per heavy atom. The molecule has 0 unspecified atom stereocenters. The molecular formula is C16H33N3. The van der Waals surface area contributed by atoms with Gasteiger partial charge in [-0.3, -0.25) is 4.90 Å². The third-order valence-corrected chi connectivity index (χ3v) is 5.08. The van der Waals surface area contributed by atoms with Crippen molar-refractivity contribution in [2.75, 3.05) is 46.3 Å². The van der Waals surface area contributed by atoms with Gasteiger partial charge >= 0.3 is 0 Å². The highest BCUT2D eigenvalue weighted by atomic mass is 15.2. The molecule has 1 heterocycles. The van der Waals surface area contributed by atoms with Crippen molar-refractivity contribution in [3.05, 3.63) is 0 Å². The lowest BCUT2D eigenvalue weighted by Gasteiger charge is -2.39. The SMILES string of the molecule is CCNCCN(CCC1CCN(C)CC1)C1CCC1. The van der Waals surface area contributed by atoms with E-state index in [4.69, 9.17) is 0 Å². The first-order valence-electron chi connectivity index (χ1n) is 8.43. The zero-order chi connectivity index (χ0) is 13.5. The number of nitrogens with zero attached hydrogens (tertiary/aromatic N) is 2. The number of likely N-dealkylation sites (tertiary alicyclic amines) is 1. The lowest BCUT2D eigenvalue weighted by molar-refractivity contribution is 0.111. The number of hydrogen-bond donors (Lipinski definition) is 1. The molecule has 0 aromatic heterocycles. The van der Waals surface area contributed by atoms with E-state index in [0.29, 0.717) is 0 Å². The second-order valence-electron chi connectivity index (χ2n) is 6.51. The van der Waals surface area contributed by atoms with Crippen LogP contribution >= 0.6 is 0 Å². The van der Waals surface area contributed by atoms with Gasteiger partial charge < -0.3 is 10.2 Å². The molecule has 1 saturated carbocycles. The second kappa shape index (κ2) is 8.23. The van der Waals surface area contributed by atoms with Crippen LogP contribution in [0.15, 0.2) is 0 Å².